The van der Waals surface area contributed by atoms with Gasteiger partial charge in [-0.25, -0.2) is 14.6 Å². The monoisotopic (exact) mass is 751 g/mol. The number of carbonyl (C=O) groups excluding carboxylic acids is 2. The summed E-state index contributed by atoms with van der Waals surface area (Å²) in [4.78, 5) is 38.0. The van der Waals surface area contributed by atoms with Gasteiger partial charge in [0.1, 0.15) is 17.8 Å². The van der Waals surface area contributed by atoms with Crippen molar-refractivity contribution in [2.24, 2.45) is 5.92 Å². The van der Waals surface area contributed by atoms with Gasteiger partial charge in [-0.05, 0) is 81.2 Å². The van der Waals surface area contributed by atoms with E-state index in [1.165, 1.54) is 31.1 Å². The lowest BCUT2D eigenvalue weighted by atomic mass is 9.79. The van der Waals surface area contributed by atoms with Crippen molar-refractivity contribution in [2.75, 3.05) is 42.9 Å². The van der Waals surface area contributed by atoms with Gasteiger partial charge >= 0.3 is 0 Å². The van der Waals surface area contributed by atoms with Crippen molar-refractivity contribution in [3.63, 3.8) is 0 Å². The number of anilines is 2. The van der Waals surface area contributed by atoms with E-state index in [1.54, 1.807) is 27.8 Å². The molecule has 3 fully saturated rings. The third-order valence-electron chi connectivity index (χ3n) is 11.7. The maximum atomic E-state index is 12.3. The second-order valence-corrected chi connectivity index (χ2v) is 15.1. The maximum Gasteiger partial charge on any atom is 0.234 e. The zero-order valence-electron chi connectivity index (χ0n) is 31.5. The first kappa shape index (κ1) is 36.8. The molecular weight excluding hydrogens is 707 g/mol. The van der Waals surface area contributed by atoms with Gasteiger partial charge in [0.25, 0.3) is 0 Å². The van der Waals surface area contributed by atoms with E-state index < -0.39 is 6.04 Å². The van der Waals surface area contributed by atoms with Crippen LogP contribution in [0, 0.1) is 28.6 Å². The summed E-state index contributed by atoms with van der Waals surface area (Å²) in [5.74, 6) is 0.940. The zero-order chi connectivity index (χ0) is 38.6. The number of nitriles is 2. The molecule has 15 heteroatoms. The number of pyridine rings is 2. The van der Waals surface area contributed by atoms with E-state index in [0.29, 0.717) is 59.5 Å². The third-order valence-corrected chi connectivity index (χ3v) is 11.7. The van der Waals surface area contributed by atoms with Crippen LogP contribution in [0.15, 0.2) is 61.2 Å². The molecule has 3 aliphatic rings. The van der Waals surface area contributed by atoms with E-state index in [2.05, 4.69) is 65.1 Å². The molecule has 0 radical (unpaired) electrons. The summed E-state index contributed by atoms with van der Waals surface area (Å²) in [6.07, 6.45) is 14.2. The van der Waals surface area contributed by atoms with E-state index in [0.717, 1.165) is 62.2 Å². The number of nitrogens with zero attached hydrogens (tertiary/aromatic N) is 11. The van der Waals surface area contributed by atoms with Crippen molar-refractivity contribution in [3.8, 4) is 23.6 Å². The Kier molecular flexibility index (Phi) is 10.7. The molecule has 0 bridgehead atoms. The van der Waals surface area contributed by atoms with Gasteiger partial charge in [0.2, 0.25) is 11.8 Å². The summed E-state index contributed by atoms with van der Waals surface area (Å²) in [5.41, 5.74) is 5.54. The van der Waals surface area contributed by atoms with E-state index in [-0.39, 0.29) is 17.7 Å². The molecule has 1 aliphatic carbocycles. The minimum Gasteiger partial charge on any atom is -0.369 e. The van der Waals surface area contributed by atoms with Gasteiger partial charge in [-0.3, -0.25) is 19.8 Å². The average molecular weight is 752 g/mol. The molecule has 1 saturated carbocycles. The van der Waals surface area contributed by atoms with Gasteiger partial charge in [-0.15, -0.1) is 5.10 Å². The van der Waals surface area contributed by atoms with Gasteiger partial charge < -0.3 is 10.2 Å². The lowest BCUT2D eigenvalue weighted by molar-refractivity contribution is -0.134. The standard InChI is InChI=1S/C41H45N13O2/c1-2-32(22-43)47-35-20-38(54-40-31(24-46-54)19-28(21-42)23-45-40)44-25-37(35)53-26-36(49-50-53)30-5-3-27(4-6-30)13-14-51-15-17-52(18-16-51)33-9-7-29(8-10-33)34-11-12-39(55)48-41(34)56/h7-10,19-20,23-27,30,32,34H,2-6,11-18H2,1H3,(H,44,47)(H,48,55,56)/t27?,30?,32-,34?/m1/s1. The van der Waals surface area contributed by atoms with Crippen molar-refractivity contribution in [1.82, 2.24) is 45.0 Å². The van der Waals surface area contributed by atoms with E-state index in [1.807, 2.05) is 31.3 Å². The fourth-order valence-corrected chi connectivity index (χ4v) is 8.27. The SMILES string of the molecule is CC[C@H](C#N)Nc1cc(-n2ncc3cc(C#N)cnc32)ncc1-n1cc(C2CCC(CCN3CCN(c4ccc(C5CCC(=O)NC5=O)cc4)CC3)CC2)nn1. The lowest BCUT2D eigenvalue weighted by Crippen LogP contribution is -2.47. The van der Waals surface area contributed by atoms with Gasteiger partial charge in [0, 0.05) is 61.9 Å². The van der Waals surface area contributed by atoms with Crippen LogP contribution in [0.5, 0.6) is 0 Å². The fourth-order valence-electron chi connectivity index (χ4n) is 8.27. The van der Waals surface area contributed by atoms with Crippen LogP contribution in [0.1, 0.15) is 86.9 Å². The van der Waals surface area contributed by atoms with Gasteiger partial charge in [0.05, 0.1) is 47.5 Å². The highest BCUT2D eigenvalue weighted by molar-refractivity contribution is 6.01. The first-order chi connectivity index (χ1) is 27.4. The average Bonchev–Trinajstić information content (AvgIpc) is 3.90. The Labute approximate surface area is 325 Å². The summed E-state index contributed by atoms with van der Waals surface area (Å²) < 4.78 is 3.37. The molecule has 2 amide bonds. The van der Waals surface area contributed by atoms with E-state index >= 15 is 0 Å². The van der Waals surface area contributed by atoms with Crippen molar-refractivity contribution < 1.29 is 9.59 Å². The topological polar surface area (TPSA) is 187 Å². The number of nitrogens with one attached hydrogen (secondary N) is 2. The van der Waals surface area contributed by atoms with Gasteiger partial charge in [-0.1, -0.05) is 24.3 Å². The summed E-state index contributed by atoms with van der Waals surface area (Å²) >= 11 is 0. The van der Waals surface area contributed by atoms with Crippen LogP contribution in [-0.4, -0.2) is 90.2 Å². The molecule has 8 rings (SSSR count). The Balaban J connectivity index is 0.844. The molecule has 2 saturated heterocycles. The molecule has 0 spiro atoms. The first-order valence-electron chi connectivity index (χ1n) is 19.6. The Bertz CT molecular complexity index is 2290. The highest BCUT2D eigenvalue weighted by Crippen LogP contribution is 2.37. The number of piperidine rings is 1. The van der Waals surface area contributed by atoms with Crippen LogP contribution in [-0.2, 0) is 9.59 Å². The molecule has 2 N–H and O–H groups in total. The first-order valence-corrected chi connectivity index (χ1v) is 19.6. The number of fused-ring (bicyclic) bond motifs is 1. The number of aromatic nitrogens is 7. The third kappa shape index (κ3) is 7.81. The number of carbonyl (C=O) groups is 2. The lowest BCUT2D eigenvalue weighted by Gasteiger charge is -2.37. The van der Waals surface area contributed by atoms with E-state index in [9.17, 15) is 20.1 Å². The van der Waals surface area contributed by atoms with Crippen LogP contribution in [0.3, 0.4) is 0 Å². The quantitative estimate of drug-likeness (QED) is 0.173. The Hall–Kier alpha value is -6.19. The number of rotatable bonds is 11. The second-order valence-electron chi connectivity index (χ2n) is 15.1. The van der Waals surface area contributed by atoms with Crippen LogP contribution in [0.4, 0.5) is 11.4 Å². The summed E-state index contributed by atoms with van der Waals surface area (Å²) in [5, 5.41) is 39.2. The molecular formula is C41H45N13O2. The molecule has 2 atom stereocenters. The molecule has 2 aliphatic heterocycles. The smallest absolute Gasteiger partial charge is 0.234 e. The molecule has 15 nitrogen and oxygen atoms in total. The highest BCUT2D eigenvalue weighted by atomic mass is 16.2. The number of benzene rings is 1. The number of hydrogen-bond donors (Lipinski definition) is 2. The highest BCUT2D eigenvalue weighted by Gasteiger charge is 2.29. The fraction of sp³-hybridized carbons (Fsp3) is 0.439. The summed E-state index contributed by atoms with van der Waals surface area (Å²) in [6, 6.07) is 15.9. The predicted octanol–water partition coefficient (Wildman–Crippen LogP) is 4.99. The molecule has 4 aromatic heterocycles. The number of imide groups is 1. The van der Waals surface area contributed by atoms with Crippen LogP contribution in [0.25, 0.3) is 22.5 Å². The predicted molar refractivity (Wildman–Crippen MR) is 209 cm³/mol. The van der Waals surface area contributed by atoms with Crippen LogP contribution >= 0.6 is 0 Å². The molecule has 1 aromatic carbocycles. The minimum atomic E-state index is -0.414. The maximum absolute atomic E-state index is 12.3. The zero-order valence-corrected chi connectivity index (χ0v) is 31.5. The summed E-state index contributed by atoms with van der Waals surface area (Å²) in [6.45, 7) is 7.09. The molecule has 56 heavy (non-hydrogen) atoms. The number of hydrogen-bond acceptors (Lipinski definition) is 12. The normalized spacial score (nSPS) is 21.0. The molecule has 1 unspecified atom stereocenters. The van der Waals surface area contributed by atoms with Crippen molar-refractivity contribution >= 4 is 34.2 Å². The van der Waals surface area contributed by atoms with Gasteiger partial charge in [0.15, 0.2) is 11.5 Å². The van der Waals surface area contributed by atoms with Crippen LogP contribution < -0.4 is 15.5 Å². The number of amides is 2. The van der Waals surface area contributed by atoms with Crippen molar-refractivity contribution in [1.29, 1.82) is 10.5 Å². The largest absolute Gasteiger partial charge is 0.369 e. The van der Waals surface area contributed by atoms with Crippen LogP contribution in [0.2, 0.25) is 0 Å². The number of piperazine rings is 1. The summed E-state index contributed by atoms with van der Waals surface area (Å²) in [7, 11) is 0. The van der Waals surface area contributed by atoms with E-state index in [4.69, 9.17) is 4.98 Å². The molecule has 6 heterocycles. The molecule has 286 valence electrons. The second kappa shape index (κ2) is 16.3. The van der Waals surface area contributed by atoms with Gasteiger partial charge in [-0.2, -0.15) is 20.3 Å². The van der Waals surface area contributed by atoms with Crippen molar-refractivity contribution in [2.45, 2.75) is 76.2 Å². The van der Waals surface area contributed by atoms with Crippen molar-refractivity contribution in [3.05, 3.63) is 78.0 Å². The Morgan fingerprint density at radius 2 is 1.77 bits per heavy atom. The minimum absolute atomic E-state index is 0.183. The Morgan fingerprint density at radius 1 is 0.964 bits per heavy atom. The Morgan fingerprint density at radius 3 is 2.50 bits per heavy atom. The molecule has 5 aromatic rings.